The molecule has 5 nitrogen and oxygen atoms in total. The summed E-state index contributed by atoms with van der Waals surface area (Å²) in [5.74, 6) is -1.15. The van der Waals surface area contributed by atoms with Crippen LogP contribution < -0.4 is 10.6 Å². The minimum Gasteiger partial charge on any atom is -0.480 e. The maximum Gasteiger partial charge on any atom is 0.328 e. The summed E-state index contributed by atoms with van der Waals surface area (Å²) in [6, 6.07) is 2.62. The summed E-state index contributed by atoms with van der Waals surface area (Å²) >= 11 is 12.0. The smallest absolute Gasteiger partial charge is 0.328 e. The first-order chi connectivity index (χ1) is 8.65. The number of amides is 2. The van der Waals surface area contributed by atoms with Crippen LogP contribution in [0.4, 0.5) is 10.5 Å². The van der Waals surface area contributed by atoms with Gasteiger partial charge >= 0.3 is 12.0 Å². The van der Waals surface area contributed by atoms with Gasteiger partial charge in [-0.3, -0.25) is 0 Å². The van der Waals surface area contributed by atoms with Crippen molar-refractivity contribution < 1.29 is 14.7 Å². The van der Waals surface area contributed by atoms with E-state index in [1.807, 2.05) is 0 Å². The van der Waals surface area contributed by atoms with Crippen LogP contribution in [-0.2, 0) is 4.79 Å². The lowest BCUT2D eigenvalue weighted by Gasteiger charge is -2.21. The molecule has 0 saturated heterocycles. The van der Waals surface area contributed by atoms with E-state index in [0.29, 0.717) is 5.02 Å². The molecule has 0 fully saturated rings. The van der Waals surface area contributed by atoms with Crippen molar-refractivity contribution >= 4 is 40.9 Å². The van der Waals surface area contributed by atoms with Gasteiger partial charge in [-0.25, -0.2) is 9.59 Å². The standard InChI is InChI=1S/C12H14Cl2N2O3/c1-6-4-5-7(13)9(8(6)14)15-11(19)16-12(2,3)10(17)18/h4-5H,1-3H3,(H,17,18)(H2,15,16,19). The Morgan fingerprint density at radius 1 is 1.26 bits per heavy atom. The molecule has 0 aromatic heterocycles. The van der Waals surface area contributed by atoms with Crippen LogP contribution in [0.5, 0.6) is 0 Å². The molecule has 0 heterocycles. The number of hydrogen-bond donors (Lipinski definition) is 3. The summed E-state index contributed by atoms with van der Waals surface area (Å²) in [5.41, 5.74) is -0.395. The number of aliphatic carboxylic acids is 1. The average Bonchev–Trinajstić information content (AvgIpc) is 2.29. The Morgan fingerprint density at radius 2 is 1.84 bits per heavy atom. The van der Waals surface area contributed by atoms with E-state index in [1.54, 1.807) is 19.1 Å². The Labute approximate surface area is 120 Å². The van der Waals surface area contributed by atoms with Gasteiger partial charge in [0.05, 0.1) is 15.7 Å². The zero-order valence-electron chi connectivity index (χ0n) is 10.7. The quantitative estimate of drug-likeness (QED) is 0.802. The second-order valence-corrected chi connectivity index (χ2v) is 5.35. The van der Waals surface area contributed by atoms with Crippen molar-refractivity contribution in [1.82, 2.24) is 5.32 Å². The van der Waals surface area contributed by atoms with Gasteiger partial charge in [0.15, 0.2) is 0 Å². The fourth-order valence-electron chi connectivity index (χ4n) is 1.25. The summed E-state index contributed by atoms with van der Waals surface area (Å²) in [4.78, 5) is 22.6. The maximum absolute atomic E-state index is 11.7. The van der Waals surface area contributed by atoms with Crippen LogP contribution >= 0.6 is 23.2 Å². The minimum atomic E-state index is -1.40. The highest BCUT2D eigenvalue weighted by molar-refractivity contribution is 6.40. The van der Waals surface area contributed by atoms with Crippen molar-refractivity contribution in [2.24, 2.45) is 0 Å². The molecule has 0 saturated carbocycles. The summed E-state index contributed by atoms with van der Waals surface area (Å²) in [5, 5.41) is 14.3. The summed E-state index contributed by atoms with van der Waals surface area (Å²) in [7, 11) is 0. The van der Waals surface area contributed by atoms with E-state index in [9.17, 15) is 9.59 Å². The van der Waals surface area contributed by atoms with Crippen molar-refractivity contribution in [3.63, 3.8) is 0 Å². The van der Waals surface area contributed by atoms with Gasteiger partial charge in [0.2, 0.25) is 0 Å². The lowest BCUT2D eigenvalue weighted by Crippen LogP contribution is -2.51. The third kappa shape index (κ3) is 3.75. The van der Waals surface area contributed by atoms with E-state index in [0.717, 1.165) is 5.56 Å². The van der Waals surface area contributed by atoms with Crippen LogP contribution in [-0.4, -0.2) is 22.6 Å². The van der Waals surface area contributed by atoms with Crippen LogP contribution in [0.15, 0.2) is 12.1 Å². The molecule has 0 aliphatic heterocycles. The third-order valence-electron chi connectivity index (χ3n) is 2.48. The van der Waals surface area contributed by atoms with E-state index in [4.69, 9.17) is 28.3 Å². The molecule has 0 bridgehead atoms. The largest absolute Gasteiger partial charge is 0.480 e. The van der Waals surface area contributed by atoms with Crippen LogP contribution in [0.2, 0.25) is 10.0 Å². The molecule has 0 aliphatic carbocycles. The number of aryl methyl sites for hydroxylation is 1. The highest BCUT2D eigenvalue weighted by Crippen LogP contribution is 2.32. The number of carboxylic acids is 1. The zero-order valence-corrected chi connectivity index (χ0v) is 12.2. The molecule has 0 radical (unpaired) electrons. The Balaban J connectivity index is 2.90. The van der Waals surface area contributed by atoms with E-state index >= 15 is 0 Å². The average molecular weight is 305 g/mol. The van der Waals surface area contributed by atoms with Gasteiger partial charge in [0, 0.05) is 0 Å². The highest BCUT2D eigenvalue weighted by Gasteiger charge is 2.29. The number of urea groups is 1. The zero-order chi connectivity index (χ0) is 14.8. The first kappa shape index (κ1) is 15.6. The number of halogens is 2. The lowest BCUT2D eigenvalue weighted by atomic mass is 10.1. The first-order valence-corrected chi connectivity index (χ1v) is 6.18. The third-order valence-corrected chi connectivity index (χ3v) is 3.29. The number of anilines is 1. The van der Waals surface area contributed by atoms with Gasteiger partial charge in [-0.05, 0) is 32.4 Å². The van der Waals surface area contributed by atoms with Crippen LogP contribution in [0.3, 0.4) is 0 Å². The van der Waals surface area contributed by atoms with E-state index in [2.05, 4.69) is 10.6 Å². The van der Waals surface area contributed by atoms with Crippen LogP contribution in [0.1, 0.15) is 19.4 Å². The van der Waals surface area contributed by atoms with Gasteiger partial charge in [-0.1, -0.05) is 29.3 Å². The molecule has 0 aliphatic rings. The summed E-state index contributed by atoms with van der Waals surface area (Å²) in [6.45, 7) is 4.51. The topological polar surface area (TPSA) is 78.4 Å². The molecule has 3 N–H and O–H groups in total. The van der Waals surface area contributed by atoms with Gasteiger partial charge < -0.3 is 15.7 Å². The molecule has 1 aromatic carbocycles. The summed E-state index contributed by atoms with van der Waals surface area (Å²) < 4.78 is 0. The number of nitrogens with one attached hydrogen (secondary N) is 2. The first-order valence-electron chi connectivity index (χ1n) is 5.42. The lowest BCUT2D eigenvalue weighted by molar-refractivity contribution is -0.142. The van der Waals surface area contributed by atoms with Crippen molar-refractivity contribution in [3.05, 3.63) is 27.7 Å². The molecular weight excluding hydrogens is 291 g/mol. The van der Waals surface area contributed by atoms with Crippen LogP contribution in [0, 0.1) is 6.92 Å². The van der Waals surface area contributed by atoms with E-state index < -0.39 is 17.5 Å². The predicted octanol–water partition coefficient (Wildman–Crippen LogP) is 3.29. The van der Waals surface area contributed by atoms with Crippen molar-refractivity contribution in [2.45, 2.75) is 26.3 Å². The molecule has 0 atom stereocenters. The molecule has 19 heavy (non-hydrogen) atoms. The van der Waals surface area contributed by atoms with Gasteiger partial charge in [0.1, 0.15) is 5.54 Å². The van der Waals surface area contributed by atoms with Crippen molar-refractivity contribution in [1.29, 1.82) is 0 Å². The fraction of sp³-hybridized carbons (Fsp3) is 0.333. The molecule has 1 rings (SSSR count). The van der Waals surface area contributed by atoms with Crippen LogP contribution in [0.25, 0.3) is 0 Å². The molecule has 104 valence electrons. The second kappa shape index (κ2) is 5.67. The Morgan fingerprint density at radius 3 is 2.37 bits per heavy atom. The van der Waals surface area contributed by atoms with Gasteiger partial charge in [0.25, 0.3) is 0 Å². The number of hydrogen-bond acceptors (Lipinski definition) is 2. The monoisotopic (exact) mass is 304 g/mol. The Bertz CT molecular complexity index is 530. The molecule has 1 aromatic rings. The normalized spacial score (nSPS) is 11.0. The number of carboxylic acid groups (broad SMARTS) is 1. The van der Waals surface area contributed by atoms with Gasteiger partial charge in [-0.15, -0.1) is 0 Å². The number of carbonyl (C=O) groups excluding carboxylic acids is 1. The predicted molar refractivity (Wildman–Crippen MR) is 75.1 cm³/mol. The minimum absolute atomic E-state index is 0.252. The highest BCUT2D eigenvalue weighted by atomic mass is 35.5. The van der Waals surface area contributed by atoms with Gasteiger partial charge in [-0.2, -0.15) is 0 Å². The number of benzene rings is 1. The molecule has 0 spiro atoms. The summed E-state index contributed by atoms with van der Waals surface area (Å²) in [6.07, 6.45) is 0. The second-order valence-electron chi connectivity index (χ2n) is 4.56. The molecule has 0 unspecified atom stereocenters. The van der Waals surface area contributed by atoms with Crippen molar-refractivity contribution in [2.75, 3.05) is 5.32 Å². The SMILES string of the molecule is Cc1ccc(Cl)c(NC(=O)NC(C)(C)C(=O)O)c1Cl. The molecule has 2 amide bonds. The molecule has 7 heteroatoms. The molecular formula is C12H14Cl2N2O3. The Hall–Kier alpha value is -1.46. The van der Waals surface area contributed by atoms with E-state index in [1.165, 1.54) is 13.8 Å². The van der Waals surface area contributed by atoms with Crippen molar-refractivity contribution in [3.8, 4) is 0 Å². The Kier molecular flexibility index (Phi) is 4.66. The maximum atomic E-state index is 11.7. The fourth-order valence-corrected chi connectivity index (χ4v) is 1.72. The van der Waals surface area contributed by atoms with E-state index in [-0.39, 0.29) is 10.7 Å². The number of rotatable bonds is 3. The number of carbonyl (C=O) groups is 2.